The summed E-state index contributed by atoms with van der Waals surface area (Å²) in [6.45, 7) is 0. The largest absolute Gasteiger partial charge is 0.478 e. The first kappa shape index (κ1) is 15.0. The van der Waals surface area contributed by atoms with Crippen molar-refractivity contribution in [1.82, 2.24) is 0 Å². The van der Waals surface area contributed by atoms with E-state index in [9.17, 15) is 14.0 Å². The van der Waals surface area contributed by atoms with Crippen LogP contribution in [0.5, 0.6) is 0 Å². The standard InChI is InChI=1S/C14H10BrFN2O3/c15-10-5-4-7(6-9(10)14(20)21)18-13(19)8-2-1-3-11(16)12(8)17/h1-6H,17H2,(H,18,19)(H,20,21). The van der Waals surface area contributed by atoms with Crippen molar-refractivity contribution in [2.75, 3.05) is 11.1 Å². The monoisotopic (exact) mass is 352 g/mol. The Hall–Kier alpha value is -2.41. The maximum atomic E-state index is 13.3. The van der Waals surface area contributed by atoms with Crippen LogP contribution in [-0.2, 0) is 0 Å². The zero-order chi connectivity index (χ0) is 15.6. The number of nitrogens with one attached hydrogen (secondary N) is 1. The quantitative estimate of drug-likeness (QED) is 0.740. The summed E-state index contributed by atoms with van der Waals surface area (Å²) >= 11 is 3.10. The summed E-state index contributed by atoms with van der Waals surface area (Å²) in [4.78, 5) is 23.1. The summed E-state index contributed by atoms with van der Waals surface area (Å²) in [6.07, 6.45) is 0. The molecule has 0 atom stereocenters. The van der Waals surface area contributed by atoms with Gasteiger partial charge < -0.3 is 16.2 Å². The molecule has 0 aliphatic carbocycles. The van der Waals surface area contributed by atoms with E-state index in [0.717, 1.165) is 6.07 Å². The van der Waals surface area contributed by atoms with E-state index < -0.39 is 17.7 Å². The highest BCUT2D eigenvalue weighted by atomic mass is 79.9. The van der Waals surface area contributed by atoms with E-state index in [4.69, 9.17) is 10.8 Å². The van der Waals surface area contributed by atoms with E-state index in [1.54, 1.807) is 0 Å². The normalized spacial score (nSPS) is 10.2. The number of aromatic carboxylic acids is 1. The van der Waals surface area contributed by atoms with Gasteiger partial charge in [0.25, 0.3) is 5.91 Å². The van der Waals surface area contributed by atoms with Gasteiger partial charge in [0.15, 0.2) is 0 Å². The Morgan fingerprint density at radius 1 is 1.19 bits per heavy atom. The highest BCUT2D eigenvalue weighted by Gasteiger charge is 2.14. The van der Waals surface area contributed by atoms with E-state index in [0.29, 0.717) is 4.47 Å². The maximum Gasteiger partial charge on any atom is 0.336 e. The average molecular weight is 353 g/mol. The second-order valence-electron chi connectivity index (χ2n) is 4.15. The SMILES string of the molecule is Nc1c(F)cccc1C(=O)Nc1ccc(Br)c(C(=O)O)c1. The predicted octanol–water partition coefficient (Wildman–Crippen LogP) is 3.12. The third-order valence-corrected chi connectivity index (χ3v) is 3.44. The fraction of sp³-hybridized carbons (Fsp3) is 0. The zero-order valence-electron chi connectivity index (χ0n) is 10.6. The number of nitrogen functional groups attached to an aromatic ring is 1. The zero-order valence-corrected chi connectivity index (χ0v) is 12.1. The molecule has 0 aliphatic rings. The minimum atomic E-state index is -1.14. The highest BCUT2D eigenvalue weighted by molar-refractivity contribution is 9.10. The van der Waals surface area contributed by atoms with Crippen molar-refractivity contribution < 1.29 is 19.1 Å². The predicted molar refractivity (Wildman–Crippen MR) is 79.9 cm³/mol. The topological polar surface area (TPSA) is 92.4 Å². The summed E-state index contributed by atoms with van der Waals surface area (Å²) in [5.74, 6) is -2.45. The molecular weight excluding hydrogens is 343 g/mol. The first-order valence-electron chi connectivity index (χ1n) is 5.78. The van der Waals surface area contributed by atoms with Crippen LogP contribution in [0.25, 0.3) is 0 Å². The number of carbonyl (C=O) groups is 2. The maximum absolute atomic E-state index is 13.3. The Labute approximate surface area is 127 Å². The van der Waals surface area contributed by atoms with Gasteiger partial charge in [-0.3, -0.25) is 4.79 Å². The van der Waals surface area contributed by atoms with Gasteiger partial charge in [-0.15, -0.1) is 0 Å². The van der Waals surface area contributed by atoms with Crippen molar-refractivity contribution in [2.45, 2.75) is 0 Å². The van der Waals surface area contributed by atoms with Crippen molar-refractivity contribution >= 4 is 39.2 Å². The molecule has 0 bridgehead atoms. The number of rotatable bonds is 3. The summed E-state index contributed by atoms with van der Waals surface area (Å²) in [6, 6.07) is 8.20. The Kier molecular flexibility index (Phi) is 4.23. The fourth-order valence-corrected chi connectivity index (χ4v) is 2.12. The van der Waals surface area contributed by atoms with Crippen LogP contribution in [0.15, 0.2) is 40.9 Å². The van der Waals surface area contributed by atoms with Crippen molar-refractivity contribution in [1.29, 1.82) is 0 Å². The van der Waals surface area contributed by atoms with Gasteiger partial charge >= 0.3 is 5.97 Å². The number of hydrogen-bond acceptors (Lipinski definition) is 3. The van der Waals surface area contributed by atoms with Gasteiger partial charge in [-0.1, -0.05) is 6.07 Å². The van der Waals surface area contributed by atoms with Gasteiger partial charge in [0.05, 0.1) is 16.8 Å². The number of benzene rings is 2. The third kappa shape index (κ3) is 3.19. The lowest BCUT2D eigenvalue weighted by molar-refractivity contribution is 0.0695. The lowest BCUT2D eigenvalue weighted by atomic mass is 10.1. The van der Waals surface area contributed by atoms with Crippen LogP contribution in [0.4, 0.5) is 15.8 Å². The summed E-state index contributed by atoms with van der Waals surface area (Å²) < 4.78 is 13.7. The van der Waals surface area contributed by atoms with E-state index >= 15 is 0 Å². The Morgan fingerprint density at radius 3 is 2.57 bits per heavy atom. The number of amides is 1. The minimum Gasteiger partial charge on any atom is -0.478 e. The Balaban J connectivity index is 2.30. The van der Waals surface area contributed by atoms with Crippen LogP contribution in [-0.4, -0.2) is 17.0 Å². The van der Waals surface area contributed by atoms with Gasteiger partial charge in [0, 0.05) is 10.2 Å². The molecule has 0 fully saturated rings. The van der Waals surface area contributed by atoms with Crippen LogP contribution >= 0.6 is 15.9 Å². The fourth-order valence-electron chi connectivity index (χ4n) is 1.70. The van der Waals surface area contributed by atoms with Gasteiger partial charge in [-0.2, -0.15) is 0 Å². The second kappa shape index (κ2) is 5.92. The molecule has 0 unspecified atom stereocenters. The summed E-state index contributed by atoms with van der Waals surface area (Å²) in [5.41, 5.74) is 5.49. The number of halogens is 2. The van der Waals surface area contributed by atoms with Crippen molar-refractivity contribution in [3.8, 4) is 0 Å². The van der Waals surface area contributed by atoms with Crippen LogP contribution in [0.3, 0.4) is 0 Å². The van der Waals surface area contributed by atoms with Crippen LogP contribution in [0.2, 0.25) is 0 Å². The molecule has 0 saturated carbocycles. The number of hydrogen-bond donors (Lipinski definition) is 3. The van der Waals surface area contributed by atoms with Gasteiger partial charge in [0.1, 0.15) is 5.82 Å². The lowest BCUT2D eigenvalue weighted by Crippen LogP contribution is -2.15. The Morgan fingerprint density at radius 2 is 1.90 bits per heavy atom. The molecule has 2 aromatic carbocycles. The second-order valence-corrected chi connectivity index (χ2v) is 5.01. The molecule has 2 aromatic rings. The molecule has 0 aliphatic heterocycles. The first-order chi connectivity index (χ1) is 9.90. The summed E-state index contributed by atoms with van der Waals surface area (Å²) in [7, 11) is 0. The molecule has 0 saturated heterocycles. The smallest absolute Gasteiger partial charge is 0.336 e. The molecule has 0 spiro atoms. The number of nitrogens with two attached hydrogens (primary N) is 1. The molecule has 21 heavy (non-hydrogen) atoms. The first-order valence-corrected chi connectivity index (χ1v) is 6.57. The summed E-state index contributed by atoms with van der Waals surface area (Å²) in [5, 5.41) is 11.5. The molecule has 0 radical (unpaired) electrons. The molecule has 4 N–H and O–H groups in total. The van der Waals surface area contributed by atoms with Crippen molar-refractivity contribution in [3.63, 3.8) is 0 Å². The lowest BCUT2D eigenvalue weighted by Gasteiger charge is -2.09. The number of carbonyl (C=O) groups excluding carboxylic acids is 1. The molecule has 5 nitrogen and oxygen atoms in total. The molecule has 7 heteroatoms. The Bertz CT molecular complexity index is 734. The van der Waals surface area contributed by atoms with Crippen molar-refractivity contribution in [2.24, 2.45) is 0 Å². The molecular formula is C14H10BrFN2O3. The molecule has 0 aromatic heterocycles. The number of carboxylic acid groups (broad SMARTS) is 1. The average Bonchev–Trinajstić information content (AvgIpc) is 2.43. The number of anilines is 2. The number of para-hydroxylation sites is 1. The van der Waals surface area contributed by atoms with E-state index in [1.807, 2.05) is 0 Å². The number of carboxylic acids is 1. The van der Waals surface area contributed by atoms with Gasteiger partial charge in [-0.25, -0.2) is 9.18 Å². The molecule has 108 valence electrons. The molecule has 1 amide bonds. The highest BCUT2D eigenvalue weighted by Crippen LogP contribution is 2.23. The molecule has 0 heterocycles. The molecule has 2 rings (SSSR count). The van der Waals surface area contributed by atoms with Crippen molar-refractivity contribution in [3.05, 3.63) is 57.8 Å². The van der Waals surface area contributed by atoms with E-state index in [2.05, 4.69) is 21.2 Å². The third-order valence-electron chi connectivity index (χ3n) is 2.75. The van der Waals surface area contributed by atoms with E-state index in [-0.39, 0.29) is 22.5 Å². The van der Waals surface area contributed by atoms with Crippen LogP contribution < -0.4 is 11.1 Å². The van der Waals surface area contributed by atoms with Crippen LogP contribution in [0.1, 0.15) is 20.7 Å². The van der Waals surface area contributed by atoms with Crippen LogP contribution in [0, 0.1) is 5.82 Å². The van der Waals surface area contributed by atoms with Gasteiger partial charge in [0.2, 0.25) is 0 Å². The minimum absolute atomic E-state index is 0.0000131. The van der Waals surface area contributed by atoms with Gasteiger partial charge in [-0.05, 0) is 46.3 Å². The van der Waals surface area contributed by atoms with E-state index in [1.165, 1.54) is 30.3 Å².